The molecule has 0 aromatic carbocycles. The number of carbonyl (C=O) groups is 2. The molecule has 1 saturated heterocycles. The van der Waals surface area contributed by atoms with Gasteiger partial charge in [-0.25, -0.2) is 0 Å². The highest BCUT2D eigenvalue weighted by molar-refractivity contribution is 7.87. The molecule has 0 N–H and O–H groups in total. The summed E-state index contributed by atoms with van der Waals surface area (Å²) in [6.07, 6.45) is 4.38. The Labute approximate surface area is 261 Å². The van der Waals surface area contributed by atoms with E-state index in [-0.39, 0.29) is 47.1 Å². The summed E-state index contributed by atoms with van der Waals surface area (Å²) in [7, 11) is -8.06. The van der Waals surface area contributed by atoms with Crippen LogP contribution < -0.4 is 0 Å². The van der Waals surface area contributed by atoms with E-state index in [1.54, 1.807) is 13.8 Å². The topological polar surface area (TPSA) is 105 Å². The fourth-order valence-corrected chi connectivity index (χ4v) is 7.97. The minimum absolute atomic E-state index is 0.0521. The summed E-state index contributed by atoms with van der Waals surface area (Å²) < 4.78 is 86.9. The SMILES string of the molecule is CC[C@H](C)C(=O)O[C@H]1C[C@@H](C)C=C2C=C(OS(=O)(=O)C(F)(F)F)[C@H](C)[C@H](CC[C@@H]3C[C@@H](O[Si](C)(C)C(C)(C)C)CC(=O)O3)[C@H]21. The van der Waals surface area contributed by atoms with Crippen LogP contribution in [0.25, 0.3) is 0 Å². The average molecular weight is 667 g/mol. The number of alkyl halides is 3. The van der Waals surface area contributed by atoms with Crippen molar-refractivity contribution in [2.75, 3.05) is 0 Å². The van der Waals surface area contributed by atoms with Crippen LogP contribution in [0, 0.1) is 29.6 Å². The first-order chi connectivity index (χ1) is 20.1. The van der Waals surface area contributed by atoms with Gasteiger partial charge in [-0.2, -0.15) is 21.6 Å². The molecule has 0 spiro atoms. The second-order valence-corrected chi connectivity index (χ2v) is 20.6. The van der Waals surface area contributed by atoms with Crippen molar-refractivity contribution in [3.8, 4) is 0 Å². The monoisotopic (exact) mass is 666 g/mol. The third-order valence-corrected chi connectivity index (χ3v) is 15.3. The molecule has 0 bridgehead atoms. The molecular weight excluding hydrogens is 617 g/mol. The van der Waals surface area contributed by atoms with E-state index in [2.05, 4.69) is 33.9 Å². The third-order valence-electron chi connectivity index (χ3n) is 9.81. The Bertz CT molecular complexity index is 1240. The van der Waals surface area contributed by atoms with Gasteiger partial charge < -0.3 is 18.1 Å². The second-order valence-electron chi connectivity index (χ2n) is 14.3. The van der Waals surface area contributed by atoms with Crippen molar-refractivity contribution in [3.05, 3.63) is 23.5 Å². The molecule has 0 aromatic rings. The van der Waals surface area contributed by atoms with E-state index in [0.29, 0.717) is 37.7 Å². The first-order valence-electron chi connectivity index (χ1n) is 15.6. The van der Waals surface area contributed by atoms with Crippen molar-refractivity contribution in [1.29, 1.82) is 0 Å². The van der Waals surface area contributed by atoms with Crippen LogP contribution in [0.2, 0.25) is 18.1 Å². The molecule has 0 radical (unpaired) electrons. The Hall–Kier alpha value is -1.86. The molecule has 252 valence electrons. The summed E-state index contributed by atoms with van der Waals surface area (Å²) in [6.45, 7) is 17.8. The molecule has 3 aliphatic rings. The highest BCUT2D eigenvalue weighted by Crippen LogP contribution is 2.49. The number of hydrogen-bond acceptors (Lipinski definition) is 8. The van der Waals surface area contributed by atoms with Crippen LogP contribution in [0.5, 0.6) is 0 Å². The summed E-state index contributed by atoms with van der Waals surface area (Å²) in [4.78, 5) is 25.5. The van der Waals surface area contributed by atoms with E-state index < -0.39 is 53.9 Å². The molecule has 2 aliphatic carbocycles. The Kier molecular flexibility index (Phi) is 11.2. The summed E-state index contributed by atoms with van der Waals surface area (Å²) >= 11 is 0. The van der Waals surface area contributed by atoms with Crippen molar-refractivity contribution >= 4 is 30.4 Å². The first kappa shape index (κ1) is 36.6. The molecule has 1 heterocycles. The number of hydrogen-bond donors (Lipinski definition) is 0. The van der Waals surface area contributed by atoms with Crippen LogP contribution in [0.15, 0.2) is 23.5 Å². The van der Waals surface area contributed by atoms with Gasteiger partial charge in [0.1, 0.15) is 18.0 Å². The van der Waals surface area contributed by atoms with E-state index in [1.165, 1.54) is 6.08 Å². The van der Waals surface area contributed by atoms with Crippen LogP contribution in [-0.4, -0.2) is 52.5 Å². The van der Waals surface area contributed by atoms with Crippen molar-refractivity contribution in [2.24, 2.45) is 29.6 Å². The number of allylic oxidation sites excluding steroid dienone is 3. The third kappa shape index (κ3) is 8.48. The van der Waals surface area contributed by atoms with Gasteiger partial charge >= 0.3 is 27.6 Å². The maximum Gasteiger partial charge on any atom is 0.534 e. The minimum atomic E-state index is -5.89. The zero-order valence-electron chi connectivity index (χ0n) is 27.3. The maximum atomic E-state index is 13.3. The summed E-state index contributed by atoms with van der Waals surface area (Å²) in [5, 5.41) is -0.0521. The van der Waals surface area contributed by atoms with E-state index in [0.717, 1.165) is 0 Å². The van der Waals surface area contributed by atoms with Gasteiger partial charge in [-0.3, -0.25) is 9.59 Å². The second kappa shape index (κ2) is 13.5. The van der Waals surface area contributed by atoms with Crippen molar-refractivity contribution in [1.82, 2.24) is 0 Å². The molecule has 0 aromatic heterocycles. The van der Waals surface area contributed by atoms with E-state index >= 15 is 0 Å². The molecule has 1 fully saturated rings. The number of cyclic esters (lactones) is 1. The van der Waals surface area contributed by atoms with E-state index in [4.69, 9.17) is 18.1 Å². The van der Waals surface area contributed by atoms with Crippen molar-refractivity contribution < 1.29 is 49.3 Å². The highest BCUT2D eigenvalue weighted by atomic mass is 32.2. The van der Waals surface area contributed by atoms with Gasteiger partial charge in [-0.1, -0.05) is 54.5 Å². The molecule has 8 nitrogen and oxygen atoms in total. The zero-order chi connectivity index (χ0) is 33.4. The smallest absolute Gasteiger partial charge is 0.462 e. The van der Waals surface area contributed by atoms with Crippen LogP contribution in [0.1, 0.15) is 87.0 Å². The van der Waals surface area contributed by atoms with Crippen LogP contribution in [0.4, 0.5) is 13.2 Å². The van der Waals surface area contributed by atoms with Crippen molar-refractivity contribution in [2.45, 2.75) is 129 Å². The van der Waals surface area contributed by atoms with Crippen molar-refractivity contribution in [3.63, 3.8) is 0 Å². The lowest BCUT2D eigenvalue weighted by atomic mass is 9.64. The lowest BCUT2D eigenvalue weighted by Gasteiger charge is -2.45. The van der Waals surface area contributed by atoms with Gasteiger partial charge in [0.25, 0.3) is 0 Å². The molecule has 0 unspecified atom stereocenters. The van der Waals surface area contributed by atoms with Gasteiger partial charge in [-0.15, -0.1) is 0 Å². The highest BCUT2D eigenvalue weighted by Gasteiger charge is 2.52. The normalized spacial score (nSPS) is 30.8. The fourth-order valence-electron chi connectivity index (χ4n) is 6.06. The molecular formula is C31H49F3O8SSi. The van der Waals surface area contributed by atoms with Crippen LogP contribution >= 0.6 is 0 Å². The molecule has 3 rings (SSSR count). The van der Waals surface area contributed by atoms with Gasteiger partial charge in [0, 0.05) is 18.3 Å². The molecule has 1 aliphatic heterocycles. The number of carbonyl (C=O) groups excluding carboxylic acids is 2. The number of esters is 2. The molecule has 44 heavy (non-hydrogen) atoms. The largest absolute Gasteiger partial charge is 0.534 e. The Morgan fingerprint density at radius 2 is 1.77 bits per heavy atom. The van der Waals surface area contributed by atoms with Crippen LogP contribution in [-0.2, 0) is 37.8 Å². The Morgan fingerprint density at radius 1 is 1.14 bits per heavy atom. The van der Waals surface area contributed by atoms with E-state index in [1.807, 2.05) is 19.9 Å². The molecule has 13 heteroatoms. The van der Waals surface area contributed by atoms with Gasteiger partial charge in [0.2, 0.25) is 0 Å². The summed E-state index contributed by atoms with van der Waals surface area (Å²) in [5.41, 5.74) is -5.00. The average Bonchev–Trinajstić information content (AvgIpc) is 2.86. The quantitative estimate of drug-likeness (QED) is 0.103. The molecule has 8 atom stereocenters. The lowest BCUT2D eigenvalue weighted by molar-refractivity contribution is -0.162. The van der Waals surface area contributed by atoms with Gasteiger partial charge in [0.05, 0.1) is 18.4 Å². The van der Waals surface area contributed by atoms with Gasteiger partial charge in [0.15, 0.2) is 8.32 Å². The summed E-state index contributed by atoms with van der Waals surface area (Å²) in [6, 6.07) is 0. The maximum absolute atomic E-state index is 13.3. The minimum Gasteiger partial charge on any atom is -0.462 e. The van der Waals surface area contributed by atoms with E-state index in [9.17, 15) is 31.2 Å². The van der Waals surface area contributed by atoms with Gasteiger partial charge in [-0.05, 0) is 67.3 Å². The fraction of sp³-hybridized carbons (Fsp3) is 0.806. The number of fused-ring (bicyclic) bond motifs is 1. The molecule has 0 saturated carbocycles. The Balaban J connectivity index is 1.91. The predicted octanol–water partition coefficient (Wildman–Crippen LogP) is 7.42. The standard InChI is InChI=1S/C31H49F3O8SSi/c1-10-19(3)29(36)40-26-14-18(2)13-21-15-25(41-43(37,38)31(32,33)34)20(4)24(28(21)26)12-11-22-16-23(17-27(35)39-22)42-44(8,9)30(5,6)7/h13,15,18-20,22-24,26,28H,10-12,14,16-17H2,1-9H3/t18-,19-,20+,22+,23+,24-,26-,28-/m0/s1. The summed E-state index contributed by atoms with van der Waals surface area (Å²) in [5.74, 6) is -3.04. The number of halogens is 3. The first-order valence-corrected chi connectivity index (χ1v) is 19.9. The molecule has 0 amide bonds. The lowest BCUT2D eigenvalue weighted by Crippen LogP contribution is -2.47. The Morgan fingerprint density at radius 3 is 2.34 bits per heavy atom. The zero-order valence-corrected chi connectivity index (χ0v) is 29.1. The number of rotatable bonds is 10. The number of ether oxygens (including phenoxy) is 2. The van der Waals surface area contributed by atoms with Crippen LogP contribution in [0.3, 0.4) is 0 Å². The predicted molar refractivity (Wildman–Crippen MR) is 162 cm³/mol.